The first kappa shape index (κ1) is 17.7. The van der Waals surface area contributed by atoms with Crippen molar-refractivity contribution < 1.29 is 4.79 Å². The van der Waals surface area contributed by atoms with E-state index in [0.717, 1.165) is 16.8 Å². The van der Waals surface area contributed by atoms with Crippen molar-refractivity contribution in [2.24, 2.45) is 0 Å². The van der Waals surface area contributed by atoms with Gasteiger partial charge in [0, 0.05) is 15.6 Å². The zero-order valence-electron chi connectivity index (χ0n) is 13.8. The molecular formula is C20H19ClN2OS. The van der Waals surface area contributed by atoms with Gasteiger partial charge in [-0.25, -0.2) is 0 Å². The Morgan fingerprint density at radius 1 is 1.12 bits per heavy atom. The summed E-state index contributed by atoms with van der Waals surface area (Å²) in [5, 5.41) is 9.00. The largest absolute Gasteiger partial charge is 0.325 e. The van der Waals surface area contributed by atoms with Gasteiger partial charge in [-0.1, -0.05) is 48.0 Å². The van der Waals surface area contributed by atoms with E-state index >= 15 is 0 Å². The summed E-state index contributed by atoms with van der Waals surface area (Å²) in [5.41, 5.74) is 2.86. The first-order chi connectivity index (χ1) is 12.1. The van der Waals surface area contributed by atoms with Crippen molar-refractivity contribution in [3.05, 3.63) is 87.1 Å². The normalized spacial score (nSPS) is 11.9. The number of aryl methyl sites for hydroxylation is 1. The number of hydrogen-bond acceptors (Lipinski definition) is 3. The highest BCUT2D eigenvalue weighted by atomic mass is 35.5. The van der Waals surface area contributed by atoms with Gasteiger partial charge in [-0.2, -0.15) is 0 Å². The highest BCUT2D eigenvalue weighted by Gasteiger charge is 2.16. The molecule has 0 aliphatic rings. The first-order valence-corrected chi connectivity index (χ1v) is 9.27. The van der Waals surface area contributed by atoms with E-state index < -0.39 is 0 Å². The SMILES string of the molecule is Cc1cc(Cl)ccc1NC(=O)CN[C@H](c1ccccc1)c1cccs1. The summed E-state index contributed by atoms with van der Waals surface area (Å²) in [6.07, 6.45) is 0. The third-order valence-corrected chi connectivity index (χ3v) is 5.06. The topological polar surface area (TPSA) is 41.1 Å². The Labute approximate surface area is 156 Å². The van der Waals surface area contributed by atoms with E-state index in [1.165, 1.54) is 4.88 Å². The summed E-state index contributed by atoms with van der Waals surface area (Å²) >= 11 is 7.63. The summed E-state index contributed by atoms with van der Waals surface area (Å²) in [5.74, 6) is -0.0806. The Hall–Kier alpha value is -2.14. The minimum Gasteiger partial charge on any atom is -0.325 e. The lowest BCUT2D eigenvalue weighted by molar-refractivity contribution is -0.115. The zero-order chi connectivity index (χ0) is 17.6. The van der Waals surface area contributed by atoms with Crippen LogP contribution < -0.4 is 10.6 Å². The van der Waals surface area contributed by atoms with Crippen LogP contribution in [0.25, 0.3) is 0 Å². The van der Waals surface area contributed by atoms with E-state index in [4.69, 9.17) is 11.6 Å². The van der Waals surface area contributed by atoms with E-state index in [2.05, 4.69) is 28.8 Å². The maximum Gasteiger partial charge on any atom is 0.238 e. The van der Waals surface area contributed by atoms with Crippen molar-refractivity contribution in [1.82, 2.24) is 5.32 Å². The predicted octanol–water partition coefficient (Wildman–Crippen LogP) is 5.03. The highest BCUT2D eigenvalue weighted by Crippen LogP contribution is 2.26. The number of rotatable bonds is 6. The minimum atomic E-state index is -0.0806. The van der Waals surface area contributed by atoms with Gasteiger partial charge >= 0.3 is 0 Å². The molecule has 25 heavy (non-hydrogen) atoms. The average molecular weight is 371 g/mol. The van der Waals surface area contributed by atoms with Crippen molar-refractivity contribution >= 4 is 34.5 Å². The number of amides is 1. The lowest BCUT2D eigenvalue weighted by atomic mass is 10.1. The van der Waals surface area contributed by atoms with Gasteiger partial charge in [0.1, 0.15) is 0 Å². The number of halogens is 1. The van der Waals surface area contributed by atoms with Crippen LogP contribution in [0.1, 0.15) is 22.0 Å². The third-order valence-electron chi connectivity index (χ3n) is 3.89. The first-order valence-electron chi connectivity index (χ1n) is 8.01. The third kappa shape index (κ3) is 4.69. The second-order valence-electron chi connectivity index (χ2n) is 5.75. The van der Waals surface area contributed by atoms with Crippen LogP contribution in [-0.2, 0) is 4.79 Å². The molecule has 1 heterocycles. The molecule has 0 aliphatic carbocycles. The van der Waals surface area contributed by atoms with Gasteiger partial charge in [0.05, 0.1) is 12.6 Å². The number of thiophene rings is 1. The van der Waals surface area contributed by atoms with Crippen LogP contribution in [0.15, 0.2) is 66.0 Å². The summed E-state index contributed by atoms with van der Waals surface area (Å²) < 4.78 is 0. The van der Waals surface area contributed by atoms with Crippen LogP contribution in [-0.4, -0.2) is 12.5 Å². The molecule has 3 rings (SSSR count). The quantitative estimate of drug-likeness (QED) is 0.639. The second-order valence-corrected chi connectivity index (χ2v) is 7.16. The molecule has 0 saturated heterocycles. The Balaban J connectivity index is 1.68. The molecule has 0 spiro atoms. The summed E-state index contributed by atoms with van der Waals surface area (Å²) in [6.45, 7) is 2.15. The van der Waals surface area contributed by atoms with Gasteiger partial charge in [-0.3, -0.25) is 10.1 Å². The number of nitrogens with one attached hydrogen (secondary N) is 2. The number of benzene rings is 2. The van der Waals surface area contributed by atoms with Gasteiger partial charge in [0.25, 0.3) is 0 Å². The van der Waals surface area contributed by atoms with Crippen LogP contribution in [0, 0.1) is 6.92 Å². The fraction of sp³-hybridized carbons (Fsp3) is 0.150. The minimum absolute atomic E-state index is 0.00161. The fourth-order valence-electron chi connectivity index (χ4n) is 2.64. The predicted molar refractivity (Wildman–Crippen MR) is 105 cm³/mol. The number of carbonyl (C=O) groups is 1. The van der Waals surface area contributed by atoms with Crippen molar-refractivity contribution in [3.8, 4) is 0 Å². The van der Waals surface area contributed by atoms with Crippen molar-refractivity contribution in [1.29, 1.82) is 0 Å². The Morgan fingerprint density at radius 2 is 1.92 bits per heavy atom. The van der Waals surface area contributed by atoms with Crippen LogP contribution in [0.4, 0.5) is 5.69 Å². The summed E-state index contributed by atoms with van der Waals surface area (Å²) in [6, 6.07) is 19.7. The van der Waals surface area contributed by atoms with Crippen molar-refractivity contribution in [3.63, 3.8) is 0 Å². The molecule has 0 bridgehead atoms. The summed E-state index contributed by atoms with van der Waals surface area (Å²) in [4.78, 5) is 13.5. The molecular weight excluding hydrogens is 352 g/mol. The summed E-state index contributed by atoms with van der Waals surface area (Å²) in [7, 11) is 0. The number of carbonyl (C=O) groups excluding carboxylic acids is 1. The molecule has 0 fully saturated rings. The van der Waals surface area contributed by atoms with Crippen LogP contribution in [0.3, 0.4) is 0 Å². The number of hydrogen-bond donors (Lipinski definition) is 2. The Bertz CT molecular complexity index is 834. The molecule has 0 saturated carbocycles. The molecule has 0 unspecified atom stereocenters. The van der Waals surface area contributed by atoms with Crippen LogP contribution >= 0.6 is 22.9 Å². The Kier molecular flexibility index (Phi) is 5.87. The lowest BCUT2D eigenvalue weighted by Gasteiger charge is -2.18. The standard InChI is InChI=1S/C20H19ClN2OS/c1-14-12-16(21)9-10-17(14)23-19(24)13-22-20(18-8-5-11-25-18)15-6-3-2-4-7-15/h2-12,20,22H,13H2,1H3,(H,23,24)/t20-/m1/s1. The van der Waals surface area contributed by atoms with Crippen molar-refractivity contribution in [2.75, 3.05) is 11.9 Å². The smallest absolute Gasteiger partial charge is 0.238 e. The van der Waals surface area contributed by atoms with Gasteiger partial charge in [-0.05, 0) is 47.7 Å². The average Bonchev–Trinajstić information content (AvgIpc) is 3.13. The van der Waals surface area contributed by atoms with Gasteiger partial charge in [0.15, 0.2) is 0 Å². The molecule has 2 aromatic carbocycles. The van der Waals surface area contributed by atoms with Gasteiger partial charge in [-0.15, -0.1) is 11.3 Å². The van der Waals surface area contributed by atoms with Gasteiger partial charge < -0.3 is 5.32 Å². The van der Waals surface area contributed by atoms with Crippen molar-refractivity contribution in [2.45, 2.75) is 13.0 Å². The van der Waals surface area contributed by atoms with Gasteiger partial charge in [0.2, 0.25) is 5.91 Å². The molecule has 1 amide bonds. The molecule has 1 aromatic heterocycles. The molecule has 5 heteroatoms. The molecule has 128 valence electrons. The van der Waals surface area contributed by atoms with E-state index in [0.29, 0.717) is 5.02 Å². The lowest BCUT2D eigenvalue weighted by Crippen LogP contribution is -2.31. The maximum absolute atomic E-state index is 12.4. The maximum atomic E-state index is 12.4. The monoisotopic (exact) mass is 370 g/mol. The van der Waals surface area contributed by atoms with E-state index in [9.17, 15) is 4.79 Å². The molecule has 3 nitrogen and oxygen atoms in total. The molecule has 1 atom stereocenters. The highest BCUT2D eigenvalue weighted by molar-refractivity contribution is 7.10. The van der Waals surface area contributed by atoms with Crippen LogP contribution in [0.2, 0.25) is 5.02 Å². The number of anilines is 1. The second kappa shape index (κ2) is 8.30. The van der Waals surface area contributed by atoms with E-state index in [-0.39, 0.29) is 18.5 Å². The molecule has 0 aliphatic heterocycles. The zero-order valence-corrected chi connectivity index (χ0v) is 15.4. The van der Waals surface area contributed by atoms with E-state index in [1.54, 1.807) is 17.4 Å². The molecule has 2 N–H and O–H groups in total. The fourth-order valence-corrected chi connectivity index (χ4v) is 3.69. The molecule has 3 aromatic rings. The van der Waals surface area contributed by atoms with E-state index in [1.807, 2.05) is 48.7 Å². The molecule has 0 radical (unpaired) electrons. The Morgan fingerprint density at radius 3 is 2.60 bits per heavy atom. The van der Waals surface area contributed by atoms with Crippen LogP contribution in [0.5, 0.6) is 0 Å².